The zero-order valence-corrected chi connectivity index (χ0v) is 20.7. The van der Waals surface area contributed by atoms with Gasteiger partial charge in [-0.1, -0.05) is 0 Å². The molecule has 1 N–H and O–H groups in total. The minimum Gasteiger partial charge on any atom is -0.489 e. The lowest BCUT2D eigenvalue weighted by molar-refractivity contribution is -0.145. The molecule has 36 heavy (non-hydrogen) atoms. The fourth-order valence-corrected chi connectivity index (χ4v) is 5.45. The summed E-state index contributed by atoms with van der Waals surface area (Å²) in [6, 6.07) is 4.79. The molecule has 11 heteroatoms. The van der Waals surface area contributed by atoms with Crippen LogP contribution in [0.25, 0.3) is 10.6 Å². The highest BCUT2D eigenvalue weighted by molar-refractivity contribution is 7.14. The number of piperidine rings is 3. The van der Waals surface area contributed by atoms with Gasteiger partial charge < -0.3 is 10.1 Å². The van der Waals surface area contributed by atoms with Crippen LogP contribution < -0.4 is 10.1 Å². The van der Waals surface area contributed by atoms with Crippen LogP contribution in [0.4, 0.5) is 13.2 Å². The van der Waals surface area contributed by atoms with E-state index in [2.05, 4.69) is 25.2 Å². The van der Waals surface area contributed by atoms with Gasteiger partial charge in [-0.05, 0) is 63.9 Å². The van der Waals surface area contributed by atoms with E-state index >= 15 is 0 Å². The van der Waals surface area contributed by atoms with E-state index in [0.29, 0.717) is 22.8 Å². The number of nitrogens with zero attached hydrogens (tertiary/aromatic N) is 4. The predicted octanol–water partition coefficient (Wildman–Crippen LogP) is 4.89. The van der Waals surface area contributed by atoms with E-state index < -0.39 is 18.0 Å². The summed E-state index contributed by atoms with van der Waals surface area (Å²) in [4.78, 5) is 27.9. The lowest BCUT2D eigenvalue weighted by Gasteiger charge is -2.44. The number of nitrogens with one attached hydrogen (secondary N) is 1. The van der Waals surface area contributed by atoms with Crippen LogP contribution in [-0.2, 0) is 6.18 Å². The van der Waals surface area contributed by atoms with Crippen molar-refractivity contribution < 1.29 is 22.7 Å². The summed E-state index contributed by atoms with van der Waals surface area (Å²) in [5.74, 6) is -0.491. The van der Waals surface area contributed by atoms with E-state index in [1.807, 2.05) is 13.0 Å². The second-order valence-corrected chi connectivity index (χ2v) is 10.6. The normalized spacial score (nSPS) is 22.3. The van der Waals surface area contributed by atoms with Crippen LogP contribution in [0.1, 0.15) is 52.4 Å². The van der Waals surface area contributed by atoms with Crippen molar-refractivity contribution in [2.45, 2.75) is 45.0 Å². The van der Waals surface area contributed by atoms with Crippen LogP contribution in [0.3, 0.4) is 0 Å². The number of fused-ring (bicyclic) bond motifs is 3. The molecule has 190 valence electrons. The van der Waals surface area contributed by atoms with Crippen molar-refractivity contribution in [3.63, 3.8) is 0 Å². The molecule has 0 aliphatic carbocycles. The Morgan fingerprint density at radius 3 is 2.44 bits per heavy atom. The summed E-state index contributed by atoms with van der Waals surface area (Å²) >= 11 is 1.53. The molecule has 6 rings (SSSR count). The molecule has 3 aliphatic heterocycles. The van der Waals surface area contributed by atoms with Gasteiger partial charge in [-0.3, -0.25) is 9.69 Å². The summed E-state index contributed by atoms with van der Waals surface area (Å²) < 4.78 is 44.7. The fourth-order valence-electron chi connectivity index (χ4n) is 4.70. The molecule has 5 heterocycles. The first-order valence-electron chi connectivity index (χ1n) is 11.8. The lowest BCUT2D eigenvalue weighted by atomic mass is 9.86. The molecule has 0 saturated carbocycles. The molecule has 1 unspecified atom stereocenters. The molecular weight excluding hydrogens is 491 g/mol. The van der Waals surface area contributed by atoms with Gasteiger partial charge in [-0.25, -0.2) is 15.0 Å². The molecule has 3 fully saturated rings. The number of rotatable bonds is 6. The maximum absolute atomic E-state index is 13.2. The van der Waals surface area contributed by atoms with Gasteiger partial charge in [0.2, 0.25) is 5.82 Å². The number of alkyl halides is 3. The average Bonchev–Trinajstić information content (AvgIpc) is 3.30. The van der Waals surface area contributed by atoms with Gasteiger partial charge in [0.15, 0.2) is 0 Å². The number of benzene rings is 1. The average molecular weight is 518 g/mol. The van der Waals surface area contributed by atoms with Crippen molar-refractivity contribution >= 4 is 17.2 Å². The Kier molecular flexibility index (Phi) is 6.69. The van der Waals surface area contributed by atoms with Crippen LogP contribution in [0.15, 0.2) is 36.8 Å². The third-order valence-corrected chi connectivity index (χ3v) is 7.66. The highest BCUT2D eigenvalue weighted by Gasteiger charge is 2.36. The third kappa shape index (κ3) is 5.36. The molecule has 3 aromatic rings. The molecule has 3 aliphatic rings. The number of halogens is 3. The Labute approximate surface area is 210 Å². The molecular formula is C25H26F3N5O2S. The zero-order valence-electron chi connectivity index (χ0n) is 19.9. The number of amides is 1. The van der Waals surface area contributed by atoms with Crippen LogP contribution in [-0.4, -0.2) is 51.5 Å². The number of carbonyl (C=O) groups excluding carboxylic acids is 1. The van der Waals surface area contributed by atoms with Gasteiger partial charge >= 0.3 is 6.18 Å². The summed E-state index contributed by atoms with van der Waals surface area (Å²) in [6.07, 6.45) is 1.61. The summed E-state index contributed by atoms with van der Waals surface area (Å²) in [6.45, 7) is 6.71. The molecule has 1 amide bonds. The van der Waals surface area contributed by atoms with Gasteiger partial charge in [0.05, 0.1) is 6.04 Å². The van der Waals surface area contributed by atoms with Crippen molar-refractivity contribution in [2.75, 3.05) is 19.6 Å². The van der Waals surface area contributed by atoms with Crippen molar-refractivity contribution in [1.29, 1.82) is 0 Å². The van der Waals surface area contributed by atoms with Gasteiger partial charge in [0, 0.05) is 46.7 Å². The number of aryl methyl sites for hydroxylation is 1. The topological polar surface area (TPSA) is 80.2 Å². The maximum atomic E-state index is 13.2. The van der Waals surface area contributed by atoms with E-state index in [9.17, 15) is 18.0 Å². The van der Waals surface area contributed by atoms with Crippen molar-refractivity contribution in [1.82, 2.24) is 25.2 Å². The smallest absolute Gasteiger partial charge is 0.451 e. The second kappa shape index (κ2) is 9.78. The standard InChI is InChI=1S/C25H26F3N5O2S/c1-14-10-29-23(36-14)18-7-17(8-20(9-18)35-21-13-33-5-3-16(21)4-6-33)22(34)32-15(2)19-11-30-24(31-12-19)25(26,27)28/h7-12,15-16,21H,3-6,13H2,1-2H3,(H,32,34)/t15?,21-/m0/s1. The van der Waals surface area contributed by atoms with Crippen LogP contribution in [0, 0.1) is 12.8 Å². The molecule has 0 radical (unpaired) electrons. The lowest BCUT2D eigenvalue weighted by Crippen LogP contribution is -2.52. The van der Waals surface area contributed by atoms with E-state index in [0.717, 1.165) is 60.3 Å². The zero-order chi connectivity index (χ0) is 25.4. The maximum Gasteiger partial charge on any atom is 0.451 e. The Balaban J connectivity index is 1.38. The van der Waals surface area contributed by atoms with Gasteiger partial charge in [-0.2, -0.15) is 13.2 Å². The first kappa shape index (κ1) is 24.6. The van der Waals surface area contributed by atoms with Gasteiger partial charge in [0.1, 0.15) is 16.9 Å². The van der Waals surface area contributed by atoms with E-state index in [1.165, 1.54) is 11.3 Å². The van der Waals surface area contributed by atoms with Gasteiger partial charge in [-0.15, -0.1) is 11.3 Å². The number of hydrogen-bond donors (Lipinski definition) is 1. The highest BCUT2D eigenvalue weighted by atomic mass is 32.1. The Morgan fingerprint density at radius 2 is 1.86 bits per heavy atom. The monoisotopic (exact) mass is 517 g/mol. The number of ether oxygens (including phenoxy) is 1. The highest BCUT2D eigenvalue weighted by Crippen LogP contribution is 2.34. The number of thiazole rings is 1. The minimum absolute atomic E-state index is 0.0694. The van der Waals surface area contributed by atoms with E-state index in [4.69, 9.17) is 4.74 Å². The molecule has 2 atom stereocenters. The summed E-state index contributed by atoms with van der Waals surface area (Å²) in [5.41, 5.74) is 1.53. The van der Waals surface area contributed by atoms with Gasteiger partial charge in [0.25, 0.3) is 5.91 Å². The second-order valence-electron chi connectivity index (χ2n) is 9.35. The summed E-state index contributed by atoms with van der Waals surface area (Å²) in [5, 5.41) is 3.61. The first-order valence-corrected chi connectivity index (χ1v) is 12.6. The fraction of sp³-hybridized carbons (Fsp3) is 0.440. The molecule has 2 aromatic heterocycles. The Bertz CT molecular complexity index is 1240. The Hall–Kier alpha value is -3.05. The van der Waals surface area contributed by atoms with E-state index in [1.54, 1.807) is 25.3 Å². The van der Waals surface area contributed by atoms with Crippen molar-refractivity contribution in [3.8, 4) is 16.3 Å². The third-order valence-electron chi connectivity index (χ3n) is 6.69. The molecule has 2 bridgehead atoms. The number of aromatic nitrogens is 3. The van der Waals surface area contributed by atoms with Crippen LogP contribution >= 0.6 is 11.3 Å². The molecule has 0 spiro atoms. The molecule has 7 nitrogen and oxygen atoms in total. The minimum atomic E-state index is -4.62. The van der Waals surface area contributed by atoms with Crippen LogP contribution in [0.5, 0.6) is 5.75 Å². The SMILES string of the molecule is Cc1cnc(-c2cc(O[C@H]3CN4CCC3CC4)cc(C(=O)NC(C)c3cnc(C(F)(F)F)nc3)c2)s1. The number of carbonyl (C=O) groups is 1. The number of hydrogen-bond acceptors (Lipinski definition) is 7. The first-order chi connectivity index (χ1) is 17.2. The van der Waals surface area contributed by atoms with Crippen molar-refractivity contribution in [3.05, 3.63) is 58.6 Å². The Morgan fingerprint density at radius 1 is 1.14 bits per heavy atom. The predicted molar refractivity (Wildman–Crippen MR) is 129 cm³/mol. The quantitative estimate of drug-likeness (QED) is 0.502. The largest absolute Gasteiger partial charge is 0.489 e. The molecule has 1 aromatic carbocycles. The van der Waals surface area contributed by atoms with Crippen molar-refractivity contribution in [2.24, 2.45) is 5.92 Å². The van der Waals surface area contributed by atoms with Crippen LogP contribution in [0.2, 0.25) is 0 Å². The summed E-state index contributed by atoms with van der Waals surface area (Å²) in [7, 11) is 0. The van der Waals surface area contributed by atoms with E-state index in [-0.39, 0.29) is 12.0 Å². The molecule has 3 saturated heterocycles.